The molecule has 1 amide bonds. The Morgan fingerprint density at radius 2 is 1.83 bits per heavy atom. The Balaban J connectivity index is 2.24. The molecule has 10 heteroatoms. The van der Waals surface area contributed by atoms with E-state index in [0.29, 0.717) is 6.07 Å². The van der Waals surface area contributed by atoms with Crippen molar-refractivity contribution in [2.45, 2.75) is 18.0 Å². The lowest BCUT2D eigenvalue weighted by molar-refractivity contribution is -0.139. The SMILES string of the molecule is Cc1occc1C(=O)NNS(=O)(=O)c1ccccc1C(F)(F)F. The summed E-state index contributed by atoms with van der Waals surface area (Å²) >= 11 is 0. The minimum atomic E-state index is -4.85. The van der Waals surface area contributed by atoms with Gasteiger partial charge in [0, 0.05) is 0 Å². The van der Waals surface area contributed by atoms with E-state index in [1.54, 1.807) is 4.83 Å². The predicted octanol–water partition coefficient (Wildman–Crippen LogP) is 2.23. The lowest BCUT2D eigenvalue weighted by Crippen LogP contribution is -2.42. The van der Waals surface area contributed by atoms with E-state index >= 15 is 0 Å². The molecule has 6 nitrogen and oxygen atoms in total. The zero-order valence-corrected chi connectivity index (χ0v) is 12.5. The monoisotopic (exact) mass is 348 g/mol. The number of aryl methyl sites for hydroxylation is 1. The summed E-state index contributed by atoms with van der Waals surface area (Å²) in [7, 11) is -4.61. The van der Waals surface area contributed by atoms with Crippen LogP contribution in [0.1, 0.15) is 21.7 Å². The molecule has 1 aromatic carbocycles. The molecule has 2 aromatic rings. The maximum absolute atomic E-state index is 12.9. The van der Waals surface area contributed by atoms with Crippen LogP contribution in [-0.2, 0) is 16.2 Å². The molecule has 0 fully saturated rings. The highest BCUT2D eigenvalue weighted by Gasteiger charge is 2.37. The van der Waals surface area contributed by atoms with Gasteiger partial charge in [-0.3, -0.25) is 10.2 Å². The molecule has 0 aliphatic heterocycles. The first kappa shape index (κ1) is 17.0. The zero-order valence-electron chi connectivity index (χ0n) is 11.6. The van der Waals surface area contributed by atoms with E-state index in [-0.39, 0.29) is 11.3 Å². The van der Waals surface area contributed by atoms with Crippen LogP contribution in [0.15, 0.2) is 45.9 Å². The van der Waals surface area contributed by atoms with E-state index < -0.39 is 32.6 Å². The topological polar surface area (TPSA) is 88.4 Å². The van der Waals surface area contributed by atoms with Crippen molar-refractivity contribution in [3.63, 3.8) is 0 Å². The third-order valence-electron chi connectivity index (χ3n) is 2.88. The molecular weight excluding hydrogens is 337 g/mol. The molecule has 0 atom stereocenters. The number of carbonyl (C=O) groups is 1. The van der Waals surface area contributed by atoms with E-state index in [1.807, 2.05) is 5.43 Å². The summed E-state index contributed by atoms with van der Waals surface area (Å²) in [6.45, 7) is 1.47. The minimum Gasteiger partial charge on any atom is -0.469 e. The largest absolute Gasteiger partial charge is 0.469 e. The van der Waals surface area contributed by atoms with Crippen LogP contribution in [0.25, 0.3) is 0 Å². The molecule has 1 aromatic heterocycles. The number of sulfonamides is 1. The first-order valence-electron chi connectivity index (χ1n) is 6.15. The Labute approximate surface area is 129 Å². The molecule has 0 radical (unpaired) electrons. The smallest absolute Gasteiger partial charge is 0.417 e. The molecule has 0 aliphatic carbocycles. The van der Waals surface area contributed by atoms with E-state index in [9.17, 15) is 26.4 Å². The molecule has 0 bridgehead atoms. The molecule has 23 heavy (non-hydrogen) atoms. The maximum Gasteiger partial charge on any atom is 0.417 e. The average molecular weight is 348 g/mol. The standard InChI is InChI=1S/C13H11F3N2O4S/c1-8-9(6-7-22-8)12(19)17-18-23(20,21)11-5-3-2-4-10(11)13(14,15)16/h2-7,18H,1H3,(H,17,19). The van der Waals surface area contributed by atoms with Gasteiger partial charge in [-0.25, -0.2) is 8.42 Å². The molecule has 1 heterocycles. The van der Waals surface area contributed by atoms with E-state index in [0.717, 1.165) is 18.2 Å². The van der Waals surface area contributed by atoms with Gasteiger partial charge in [0.05, 0.1) is 22.3 Å². The second-order valence-corrected chi connectivity index (χ2v) is 6.09. The number of alkyl halides is 3. The van der Waals surface area contributed by atoms with E-state index in [2.05, 4.69) is 0 Å². The number of carbonyl (C=O) groups excluding carboxylic acids is 1. The van der Waals surface area contributed by atoms with Crippen molar-refractivity contribution in [2.75, 3.05) is 0 Å². The molecule has 2 N–H and O–H groups in total. The van der Waals surface area contributed by atoms with Gasteiger partial charge in [0.15, 0.2) is 0 Å². The first-order chi connectivity index (χ1) is 10.6. The highest BCUT2D eigenvalue weighted by molar-refractivity contribution is 7.89. The Morgan fingerprint density at radius 3 is 2.39 bits per heavy atom. The Kier molecular flexibility index (Phi) is 4.48. The minimum absolute atomic E-state index is 0.0526. The first-order valence-corrected chi connectivity index (χ1v) is 7.64. The quantitative estimate of drug-likeness (QED) is 0.830. The van der Waals surface area contributed by atoms with Gasteiger partial charge in [-0.15, -0.1) is 4.83 Å². The number of hydrogen-bond acceptors (Lipinski definition) is 4. The summed E-state index contributed by atoms with van der Waals surface area (Å²) in [5.74, 6) is -0.623. The average Bonchev–Trinajstić information content (AvgIpc) is 2.90. The highest BCUT2D eigenvalue weighted by Crippen LogP contribution is 2.33. The van der Waals surface area contributed by atoms with Crippen LogP contribution >= 0.6 is 0 Å². The third-order valence-corrected chi connectivity index (χ3v) is 4.19. The molecule has 0 spiro atoms. The molecule has 0 saturated heterocycles. The van der Waals surface area contributed by atoms with Gasteiger partial charge in [0.25, 0.3) is 15.9 Å². The van der Waals surface area contributed by atoms with Gasteiger partial charge in [-0.1, -0.05) is 12.1 Å². The number of hydrazine groups is 1. The lowest BCUT2D eigenvalue weighted by atomic mass is 10.2. The third kappa shape index (κ3) is 3.71. The zero-order chi connectivity index (χ0) is 17.3. The number of rotatable bonds is 4. The van der Waals surface area contributed by atoms with E-state index in [1.165, 1.54) is 19.3 Å². The van der Waals surface area contributed by atoms with Crippen molar-refractivity contribution < 1.29 is 30.8 Å². The van der Waals surface area contributed by atoms with Crippen LogP contribution in [0.3, 0.4) is 0 Å². The summed E-state index contributed by atoms with van der Waals surface area (Å²) in [6.07, 6.45) is -3.63. The molecule has 2 rings (SSSR count). The molecular formula is C13H11F3N2O4S. The summed E-state index contributed by atoms with van der Waals surface area (Å²) in [6, 6.07) is 4.93. The molecule has 0 aliphatic rings. The lowest BCUT2D eigenvalue weighted by Gasteiger charge is -2.14. The summed E-state index contributed by atoms with van der Waals surface area (Å²) in [4.78, 5) is 12.4. The summed E-state index contributed by atoms with van der Waals surface area (Å²) < 4.78 is 67.5. The number of benzene rings is 1. The fourth-order valence-corrected chi connectivity index (χ4v) is 2.86. The van der Waals surface area contributed by atoms with Gasteiger partial charge in [-0.2, -0.15) is 13.2 Å². The number of halogens is 3. The Hall–Kier alpha value is -2.33. The van der Waals surface area contributed by atoms with Crippen molar-refractivity contribution in [3.8, 4) is 0 Å². The predicted molar refractivity (Wildman–Crippen MR) is 72.7 cm³/mol. The van der Waals surface area contributed by atoms with Crippen LogP contribution in [0, 0.1) is 6.92 Å². The number of amides is 1. The van der Waals surface area contributed by atoms with Crippen LogP contribution in [0.4, 0.5) is 13.2 Å². The van der Waals surface area contributed by atoms with Crippen LogP contribution in [0.5, 0.6) is 0 Å². The Bertz CT molecular complexity index is 828. The second-order valence-electron chi connectivity index (χ2n) is 4.44. The number of hydrogen-bond donors (Lipinski definition) is 2. The fourth-order valence-electron chi connectivity index (χ4n) is 1.79. The van der Waals surface area contributed by atoms with Crippen molar-refractivity contribution in [3.05, 3.63) is 53.5 Å². The molecule has 0 saturated carbocycles. The fraction of sp³-hybridized carbons (Fsp3) is 0.154. The maximum atomic E-state index is 12.9. The van der Waals surface area contributed by atoms with Crippen LogP contribution in [-0.4, -0.2) is 14.3 Å². The van der Waals surface area contributed by atoms with Crippen molar-refractivity contribution in [1.82, 2.24) is 10.3 Å². The van der Waals surface area contributed by atoms with Crippen molar-refractivity contribution >= 4 is 15.9 Å². The molecule has 0 unspecified atom stereocenters. The summed E-state index contributed by atoms with van der Waals surface area (Å²) in [5, 5.41) is 0. The van der Waals surface area contributed by atoms with Crippen molar-refractivity contribution in [1.29, 1.82) is 0 Å². The number of nitrogens with one attached hydrogen (secondary N) is 2. The van der Waals surface area contributed by atoms with Crippen LogP contribution < -0.4 is 10.3 Å². The van der Waals surface area contributed by atoms with Gasteiger partial charge in [0.2, 0.25) is 0 Å². The van der Waals surface area contributed by atoms with Gasteiger partial charge in [-0.05, 0) is 25.1 Å². The normalized spacial score (nSPS) is 12.2. The van der Waals surface area contributed by atoms with Gasteiger partial charge in [0.1, 0.15) is 5.76 Å². The van der Waals surface area contributed by atoms with Crippen LogP contribution in [0.2, 0.25) is 0 Å². The highest BCUT2D eigenvalue weighted by atomic mass is 32.2. The summed E-state index contributed by atoms with van der Waals surface area (Å²) in [5.41, 5.74) is 0.559. The van der Waals surface area contributed by atoms with Gasteiger partial charge < -0.3 is 4.42 Å². The molecule has 124 valence electrons. The number of furan rings is 1. The van der Waals surface area contributed by atoms with Gasteiger partial charge >= 0.3 is 6.18 Å². The van der Waals surface area contributed by atoms with Crippen molar-refractivity contribution in [2.24, 2.45) is 0 Å². The Morgan fingerprint density at radius 1 is 1.17 bits per heavy atom. The van der Waals surface area contributed by atoms with E-state index in [4.69, 9.17) is 4.42 Å². The second kappa shape index (κ2) is 6.05.